The van der Waals surface area contributed by atoms with Crippen molar-refractivity contribution >= 4 is 0 Å². The maximum absolute atomic E-state index is 10.4. The molecule has 3 rings (SSSR count). The van der Waals surface area contributed by atoms with Crippen molar-refractivity contribution in [1.29, 1.82) is 0 Å². The summed E-state index contributed by atoms with van der Waals surface area (Å²) in [6, 6.07) is 11.9. The van der Waals surface area contributed by atoms with E-state index < -0.39 is 6.10 Å². The van der Waals surface area contributed by atoms with Crippen LogP contribution in [0.4, 0.5) is 0 Å². The molecule has 0 fully saturated rings. The van der Waals surface area contributed by atoms with Crippen molar-refractivity contribution < 1.29 is 9.52 Å². The van der Waals surface area contributed by atoms with Gasteiger partial charge in [0.25, 0.3) is 0 Å². The fourth-order valence-electron chi connectivity index (χ4n) is 2.60. The summed E-state index contributed by atoms with van der Waals surface area (Å²) in [6.45, 7) is 2.77. The third kappa shape index (κ3) is 1.96. The fourth-order valence-corrected chi connectivity index (χ4v) is 2.60. The summed E-state index contributed by atoms with van der Waals surface area (Å²) in [5.74, 6) is 1.45. The number of aryl methyl sites for hydroxylation is 1. The molecule has 1 aromatic heterocycles. The molecule has 0 aliphatic carbocycles. The van der Waals surface area contributed by atoms with Gasteiger partial charge in [-0.05, 0) is 43.1 Å². The Labute approximate surface area is 106 Å². The topological polar surface area (TPSA) is 45.4 Å². The number of aliphatic hydroxyl groups excluding tert-OH is 1. The number of furan rings is 1. The summed E-state index contributed by atoms with van der Waals surface area (Å²) < 4.78 is 5.52. The molecule has 0 spiro atoms. The van der Waals surface area contributed by atoms with Gasteiger partial charge in [-0.1, -0.05) is 24.3 Å². The summed E-state index contributed by atoms with van der Waals surface area (Å²) in [6.07, 6.45) is 0.372. The molecule has 2 N–H and O–H groups in total. The molecular weight excluding hydrogens is 226 g/mol. The minimum atomic E-state index is -0.639. The summed E-state index contributed by atoms with van der Waals surface area (Å²) in [4.78, 5) is 0. The van der Waals surface area contributed by atoms with Crippen LogP contribution < -0.4 is 5.32 Å². The van der Waals surface area contributed by atoms with Crippen molar-refractivity contribution in [3.8, 4) is 0 Å². The molecular formula is C15H17NO2. The van der Waals surface area contributed by atoms with E-state index in [0.717, 1.165) is 18.7 Å². The summed E-state index contributed by atoms with van der Waals surface area (Å²) in [7, 11) is 0. The van der Waals surface area contributed by atoms with Gasteiger partial charge < -0.3 is 14.8 Å². The second-order valence-electron chi connectivity index (χ2n) is 4.77. The highest BCUT2D eigenvalue weighted by atomic mass is 16.4. The van der Waals surface area contributed by atoms with Crippen LogP contribution in [0.3, 0.4) is 0 Å². The fraction of sp³-hybridized carbons (Fsp3) is 0.333. The lowest BCUT2D eigenvalue weighted by Gasteiger charge is -2.29. The molecule has 0 bridgehead atoms. The summed E-state index contributed by atoms with van der Waals surface area (Å²) in [5.41, 5.74) is 2.48. The summed E-state index contributed by atoms with van der Waals surface area (Å²) in [5, 5.41) is 13.8. The van der Waals surface area contributed by atoms with E-state index in [1.54, 1.807) is 0 Å². The molecule has 1 aliphatic rings. The molecule has 18 heavy (non-hydrogen) atoms. The van der Waals surface area contributed by atoms with Gasteiger partial charge in [-0.2, -0.15) is 0 Å². The summed E-state index contributed by atoms with van der Waals surface area (Å²) >= 11 is 0. The SMILES string of the molecule is Cc1ccc(C(O)C2NCCc3ccccc32)o1. The van der Waals surface area contributed by atoms with E-state index >= 15 is 0 Å². The van der Waals surface area contributed by atoms with Crippen LogP contribution in [-0.2, 0) is 6.42 Å². The Kier molecular flexibility index (Phi) is 2.94. The number of benzene rings is 1. The van der Waals surface area contributed by atoms with Crippen LogP contribution >= 0.6 is 0 Å². The standard InChI is InChI=1S/C15H17NO2/c1-10-6-7-13(18-10)15(17)14-12-5-3-2-4-11(12)8-9-16-14/h2-7,14-17H,8-9H2,1H3. The van der Waals surface area contributed by atoms with Crippen molar-refractivity contribution in [2.24, 2.45) is 0 Å². The molecule has 2 unspecified atom stereocenters. The number of hydrogen-bond donors (Lipinski definition) is 2. The highest BCUT2D eigenvalue weighted by Crippen LogP contribution is 2.33. The van der Waals surface area contributed by atoms with Gasteiger partial charge in [-0.15, -0.1) is 0 Å². The van der Waals surface area contributed by atoms with Crippen molar-refractivity contribution in [2.45, 2.75) is 25.5 Å². The van der Waals surface area contributed by atoms with Gasteiger partial charge in [0.15, 0.2) is 0 Å². The lowest BCUT2D eigenvalue weighted by atomic mass is 9.90. The highest BCUT2D eigenvalue weighted by molar-refractivity contribution is 5.34. The normalized spacial score (nSPS) is 20.4. The number of rotatable bonds is 2. The molecule has 0 radical (unpaired) electrons. The van der Waals surface area contributed by atoms with E-state index in [-0.39, 0.29) is 6.04 Å². The van der Waals surface area contributed by atoms with E-state index in [1.165, 1.54) is 11.1 Å². The van der Waals surface area contributed by atoms with Crippen LogP contribution in [0.2, 0.25) is 0 Å². The maximum atomic E-state index is 10.4. The van der Waals surface area contributed by atoms with E-state index in [9.17, 15) is 5.11 Å². The van der Waals surface area contributed by atoms with Gasteiger partial charge >= 0.3 is 0 Å². The molecule has 1 aliphatic heterocycles. The Balaban J connectivity index is 1.94. The first-order valence-electron chi connectivity index (χ1n) is 6.31. The Morgan fingerprint density at radius 3 is 2.89 bits per heavy atom. The zero-order valence-electron chi connectivity index (χ0n) is 10.4. The van der Waals surface area contributed by atoms with E-state index in [4.69, 9.17) is 4.42 Å². The van der Waals surface area contributed by atoms with Crippen LogP contribution in [0.15, 0.2) is 40.8 Å². The quantitative estimate of drug-likeness (QED) is 0.852. The first kappa shape index (κ1) is 11.5. The predicted molar refractivity (Wildman–Crippen MR) is 69.3 cm³/mol. The van der Waals surface area contributed by atoms with Crippen LogP contribution in [-0.4, -0.2) is 11.7 Å². The molecule has 0 amide bonds. The molecule has 3 nitrogen and oxygen atoms in total. The van der Waals surface area contributed by atoms with Crippen molar-refractivity contribution in [3.63, 3.8) is 0 Å². The predicted octanol–water partition coefficient (Wildman–Crippen LogP) is 2.51. The maximum Gasteiger partial charge on any atom is 0.134 e. The average molecular weight is 243 g/mol. The Bertz CT molecular complexity index is 547. The molecule has 2 heterocycles. The van der Waals surface area contributed by atoms with Gasteiger partial charge in [0.05, 0.1) is 6.04 Å². The zero-order valence-corrected chi connectivity index (χ0v) is 10.4. The first-order chi connectivity index (χ1) is 8.75. The number of hydrogen-bond acceptors (Lipinski definition) is 3. The molecule has 1 aromatic carbocycles. The van der Waals surface area contributed by atoms with Gasteiger partial charge in [0, 0.05) is 0 Å². The minimum absolute atomic E-state index is 0.0829. The molecule has 2 aromatic rings. The molecule has 2 atom stereocenters. The molecule has 0 saturated carbocycles. The largest absolute Gasteiger partial charge is 0.464 e. The van der Waals surface area contributed by atoms with E-state index in [2.05, 4.69) is 17.4 Å². The minimum Gasteiger partial charge on any atom is -0.464 e. The van der Waals surface area contributed by atoms with Gasteiger partial charge in [-0.3, -0.25) is 0 Å². The van der Waals surface area contributed by atoms with Gasteiger partial charge in [-0.25, -0.2) is 0 Å². The highest BCUT2D eigenvalue weighted by Gasteiger charge is 2.28. The van der Waals surface area contributed by atoms with Crippen molar-refractivity contribution in [1.82, 2.24) is 5.32 Å². The lowest BCUT2D eigenvalue weighted by molar-refractivity contribution is 0.101. The Hall–Kier alpha value is -1.58. The van der Waals surface area contributed by atoms with E-state index in [1.807, 2.05) is 31.2 Å². The lowest BCUT2D eigenvalue weighted by Crippen LogP contribution is -2.33. The van der Waals surface area contributed by atoms with Crippen LogP contribution in [0.5, 0.6) is 0 Å². The zero-order chi connectivity index (χ0) is 12.5. The van der Waals surface area contributed by atoms with Crippen LogP contribution in [0.25, 0.3) is 0 Å². The Morgan fingerprint density at radius 2 is 2.11 bits per heavy atom. The third-order valence-electron chi connectivity index (χ3n) is 3.52. The number of nitrogens with one attached hydrogen (secondary N) is 1. The van der Waals surface area contributed by atoms with Crippen LogP contribution in [0, 0.1) is 6.92 Å². The monoisotopic (exact) mass is 243 g/mol. The van der Waals surface area contributed by atoms with Crippen LogP contribution in [0.1, 0.15) is 34.8 Å². The second-order valence-corrected chi connectivity index (χ2v) is 4.77. The van der Waals surface area contributed by atoms with Crippen molar-refractivity contribution in [3.05, 3.63) is 59.0 Å². The molecule has 3 heteroatoms. The van der Waals surface area contributed by atoms with Gasteiger partial charge in [0.1, 0.15) is 17.6 Å². The van der Waals surface area contributed by atoms with Gasteiger partial charge in [0.2, 0.25) is 0 Å². The number of aliphatic hydroxyl groups is 1. The Morgan fingerprint density at radius 1 is 1.28 bits per heavy atom. The first-order valence-corrected chi connectivity index (χ1v) is 6.31. The molecule has 94 valence electrons. The smallest absolute Gasteiger partial charge is 0.134 e. The van der Waals surface area contributed by atoms with E-state index in [0.29, 0.717) is 5.76 Å². The van der Waals surface area contributed by atoms with Crippen molar-refractivity contribution in [2.75, 3.05) is 6.54 Å². The third-order valence-corrected chi connectivity index (χ3v) is 3.52. The average Bonchev–Trinajstić information content (AvgIpc) is 2.84. The second kappa shape index (κ2) is 4.59. The molecule has 0 saturated heterocycles. The number of fused-ring (bicyclic) bond motifs is 1.